The molecule has 0 aliphatic carbocycles. The number of hydrogen-bond acceptors (Lipinski definition) is 7. The summed E-state index contributed by atoms with van der Waals surface area (Å²) in [6, 6.07) is 11.1. The molecule has 0 aromatic heterocycles. The summed E-state index contributed by atoms with van der Waals surface area (Å²) in [5, 5.41) is 0. The molecule has 1 atom stereocenters. The van der Waals surface area contributed by atoms with Gasteiger partial charge in [-0.05, 0) is 18.7 Å². The van der Waals surface area contributed by atoms with Crippen LogP contribution in [0.2, 0.25) is 0 Å². The van der Waals surface area contributed by atoms with Crippen LogP contribution in [0, 0.1) is 16.2 Å². The van der Waals surface area contributed by atoms with Crippen LogP contribution in [-0.4, -0.2) is 42.7 Å². The largest absolute Gasteiger partial charge is 0.355 e. The molecule has 1 fully saturated rings. The summed E-state index contributed by atoms with van der Waals surface area (Å²) in [4.78, 5) is 2.48. The summed E-state index contributed by atoms with van der Waals surface area (Å²) in [7, 11) is -4.69. The van der Waals surface area contributed by atoms with E-state index >= 15 is 0 Å². The fourth-order valence-electron chi connectivity index (χ4n) is 2.74. The van der Waals surface area contributed by atoms with Crippen molar-refractivity contribution in [2.75, 3.05) is 33.1 Å². The Kier molecular flexibility index (Phi) is 8.96. The van der Waals surface area contributed by atoms with Crippen molar-refractivity contribution in [2.45, 2.75) is 19.9 Å². The number of nitrogens with zero attached hydrogens (tertiary/aromatic N) is 1. The van der Waals surface area contributed by atoms with Gasteiger partial charge < -0.3 is 9.47 Å². The first kappa shape index (κ1) is 20.3. The zero-order valence-corrected chi connectivity index (χ0v) is 14.1. The van der Waals surface area contributed by atoms with Gasteiger partial charge in [-0.2, -0.15) is 14.0 Å². The molecular formula is C15H24ClNO6. The fraction of sp³-hybridized carbons (Fsp3) is 0.600. The van der Waals surface area contributed by atoms with Crippen LogP contribution in [0.25, 0.3) is 0 Å². The van der Waals surface area contributed by atoms with Crippen molar-refractivity contribution in [2.24, 2.45) is 5.92 Å². The van der Waals surface area contributed by atoms with Gasteiger partial charge >= 0.3 is 0 Å². The summed E-state index contributed by atoms with van der Waals surface area (Å²) in [6.45, 7) is 8.54. The number of hydrogen-bond donors (Lipinski definition) is 1. The second-order valence-corrected chi connectivity index (χ2v) is 5.88. The van der Waals surface area contributed by atoms with Crippen LogP contribution in [0.4, 0.5) is 0 Å². The van der Waals surface area contributed by atoms with Gasteiger partial charge in [0.05, 0.1) is 28.1 Å². The molecule has 1 N–H and O–H groups in total. The van der Waals surface area contributed by atoms with Gasteiger partial charge in [0.25, 0.3) is 0 Å². The molecule has 1 aromatic carbocycles. The summed E-state index contributed by atoms with van der Waals surface area (Å²) in [5.74, 6) is 0.418. The lowest BCUT2D eigenvalue weighted by atomic mass is 9.92. The van der Waals surface area contributed by atoms with E-state index in [1.54, 1.807) is 0 Å². The number of rotatable bonds is 5. The molecule has 1 heterocycles. The molecule has 7 nitrogen and oxygen atoms in total. The van der Waals surface area contributed by atoms with E-state index in [4.69, 9.17) is 28.1 Å². The molecule has 1 unspecified atom stereocenters. The minimum Gasteiger partial charge on any atom is -0.355 e. The van der Waals surface area contributed by atoms with Gasteiger partial charge in [-0.25, -0.2) is 0 Å². The fourth-order valence-corrected chi connectivity index (χ4v) is 2.74. The Hall–Kier alpha value is -0.770. The Morgan fingerprint density at radius 1 is 1.13 bits per heavy atom. The maximum atomic E-state index is 8.60. The molecule has 1 aromatic rings. The van der Waals surface area contributed by atoms with E-state index < -0.39 is 10.2 Å². The van der Waals surface area contributed by atoms with Gasteiger partial charge in [-0.3, -0.25) is 4.90 Å². The van der Waals surface area contributed by atoms with Crippen molar-refractivity contribution in [3.8, 4) is 0 Å². The second kappa shape index (κ2) is 10.2. The highest BCUT2D eigenvalue weighted by atomic mass is 35.7. The Bertz CT molecular complexity index is 412. The summed E-state index contributed by atoms with van der Waals surface area (Å²) in [6.07, 6.45) is 0. The van der Waals surface area contributed by atoms with E-state index in [2.05, 4.69) is 49.1 Å². The molecule has 1 saturated heterocycles. The van der Waals surface area contributed by atoms with Gasteiger partial charge in [0.2, 0.25) is 0 Å². The molecule has 0 saturated carbocycles. The first-order valence-electron chi connectivity index (χ1n) is 7.44. The van der Waals surface area contributed by atoms with Crippen LogP contribution in [0.1, 0.15) is 25.5 Å². The topological polar surface area (TPSA) is 111 Å². The standard InChI is InChI=1S/C15H23NO2.ClHO4/c1-3-16(4-2)15(13-8-6-5-7-9-13)14-10-17-12-18-11-14;2-1(3,4)5/h5-9,14-15H,3-4,10-12H2,1-2H3;(H,2,3,4,5). The van der Waals surface area contributed by atoms with E-state index in [1.165, 1.54) is 5.56 Å². The lowest BCUT2D eigenvalue weighted by Crippen LogP contribution is -2.58. The van der Waals surface area contributed by atoms with Crippen molar-refractivity contribution in [1.82, 2.24) is 4.90 Å². The molecule has 2 rings (SSSR count). The summed E-state index contributed by atoms with van der Waals surface area (Å²) >= 11 is 0. The van der Waals surface area contributed by atoms with Crippen molar-refractivity contribution < 1.29 is 38.4 Å². The van der Waals surface area contributed by atoms with E-state index in [1.807, 2.05) is 0 Å². The Morgan fingerprint density at radius 2 is 1.61 bits per heavy atom. The average Bonchev–Trinajstić information content (AvgIpc) is 2.52. The summed E-state index contributed by atoms with van der Waals surface area (Å²) < 4.78 is 43.7. The molecule has 132 valence electrons. The van der Waals surface area contributed by atoms with Gasteiger partial charge in [0.15, 0.2) is 0 Å². The van der Waals surface area contributed by atoms with Crippen LogP contribution >= 0.6 is 0 Å². The van der Waals surface area contributed by atoms with E-state index in [0.29, 0.717) is 18.8 Å². The quantitative estimate of drug-likeness (QED) is 0.693. The molecule has 0 radical (unpaired) electrons. The predicted octanol–water partition coefficient (Wildman–Crippen LogP) is -1.43. The number of benzene rings is 1. The van der Waals surface area contributed by atoms with Crippen LogP contribution in [0.5, 0.6) is 0 Å². The molecule has 8 heteroatoms. The van der Waals surface area contributed by atoms with Crippen LogP contribution in [0.3, 0.4) is 0 Å². The van der Waals surface area contributed by atoms with Crippen molar-refractivity contribution in [1.29, 1.82) is 0 Å². The Morgan fingerprint density at radius 3 is 2.04 bits per heavy atom. The van der Waals surface area contributed by atoms with Crippen molar-refractivity contribution >= 4 is 0 Å². The van der Waals surface area contributed by atoms with Crippen LogP contribution < -0.4 is 14.0 Å². The van der Waals surface area contributed by atoms with Gasteiger partial charge in [-0.15, -0.1) is 0 Å². The third kappa shape index (κ3) is 8.05. The number of halogens is 1. The van der Waals surface area contributed by atoms with Crippen molar-refractivity contribution in [3.05, 3.63) is 35.9 Å². The van der Waals surface area contributed by atoms with Gasteiger partial charge in [0.1, 0.15) is 6.79 Å². The molecular weight excluding hydrogens is 326 g/mol. The molecule has 23 heavy (non-hydrogen) atoms. The zero-order chi connectivity index (χ0) is 17.3. The smallest absolute Gasteiger partial charge is 0.146 e. The minimum atomic E-state index is -4.69. The summed E-state index contributed by atoms with van der Waals surface area (Å²) in [5.41, 5.74) is 1.36. The Labute approximate surface area is 138 Å². The molecule has 0 bridgehead atoms. The maximum absolute atomic E-state index is 8.60. The van der Waals surface area contributed by atoms with Gasteiger partial charge in [0, 0.05) is 12.0 Å². The first-order valence-corrected chi connectivity index (χ1v) is 8.70. The highest BCUT2D eigenvalue weighted by Gasteiger charge is 2.29. The van der Waals surface area contributed by atoms with E-state index in [0.717, 1.165) is 26.3 Å². The predicted molar refractivity (Wildman–Crippen MR) is 74.6 cm³/mol. The first-order chi connectivity index (χ1) is 10.9. The average molecular weight is 350 g/mol. The second-order valence-electron chi connectivity index (χ2n) is 5.09. The normalized spacial score (nSPS) is 17.5. The molecule has 1 aliphatic heterocycles. The van der Waals surface area contributed by atoms with E-state index in [-0.39, 0.29) is 0 Å². The van der Waals surface area contributed by atoms with Crippen LogP contribution in [0.15, 0.2) is 30.3 Å². The maximum Gasteiger partial charge on any atom is 0.146 e. The third-order valence-corrected chi connectivity index (χ3v) is 3.62. The number of ether oxygens (including phenoxy) is 2. The SMILES string of the molecule is CCN(CC)C(c1ccccc1)C1COCOC1.[O-][Cl+3]([O-])([O-])O. The zero-order valence-electron chi connectivity index (χ0n) is 13.4. The molecule has 0 amide bonds. The minimum absolute atomic E-state index is 0.390. The van der Waals surface area contributed by atoms with Crippen molar-refractivity contribution in [3.63, 3.8) is 0 Å². The van der Waals surface area contributed by atoms with E-state index in [9.17, 15) is 0 Å². The van der Waals surface area contributed by atoms with Gasteiger partial charge in [-0.1, -0.05) is 44.2 Å². The Balaban J connectivity index is 0.000000463. The lowest BCUT2D eigenvalue weighted by Gasteiger charge is -2.37. The highest BCUT2D eigenvalue weighted by Crippen LogP contribution is 2.30. The van der Waals surface area contributed by atoms with Crippen LogP contribution in [-0.2, 0) is 9.47 Å². The molecule has 1 aliphatic rings. The molecule has 0 spiro atoms. The lowest BCUT2D eigenvalue weighted by molar-refractivity contribution is -1.92. The highest BCUT2D eigenvalue weighted by molar-refractivity contribution is 5.20. The monoisotopic (exact) mass is 349 g/mol. The third-order valence-electron chi connectivity index (χ3n) is 3.62.